The lowest BCUT2D eigenvalue weighted by Gasteiger charge is -2.34. The van der Waals surface area contributed by atoms with Gasteiger partial charge in [-0.3, -0.25) is 4.90 Å². The van der Waals surface area contributed by atoms with E-state index < -0.39 is 0 Å². The number of hydrogen-bond donors (Lipinski definition) is 1. The molecular weight excluding hydrogens is 276 g/mol. The SMILES string of the molecule is COc1ccc(C(CN)N(CC(C)C)CC(C)C)c(OC)c1. The molecule has 0 heterocycles. The van der Waals surface area contributed by atoms with Crippen LogP contribution in [0.15, 0.2) is 18.2 Å². The van der Waals surface area contributed by atoms with E-state index in [1.807, 2.05) is 12.1 Å². The summed E-state index contributed by atoms with van der Waals surface area (Å²) >= 11 is 0. The van der Waals surface area contributed by atoms with Crippen molar-refractivity contribution in [2.24, 2.45) is 17.6 Å². The Morgan fingerprint density at radius 2 is 1.59 bits per heavy atom. The number of methoxy groups -OCH3 is 2. The molecule has 0 aromatic heterocycles. The molecule has 0 saturated heterocycles. The summed E-state index contributed by atoms with van der Waals surface area (Å²) in [5, 5.41) is 0. The molecule has 0 radical (unpaired) electrons. The molecule has 1 atom stereocenters. The van der Waals surface area contributed by atoms with Crippen molar-refractivity contribution in [3.63, 3.8) is 0 Å². The highest BCUT2D eigenvalue weighted by atomic mass is 16.5. The fourth-order valence-electron chi connectivity index (χ4n) is 2.83. The Balaban J connectivity index is 3.14. The van der Waals surface area contributed by atoms with Crippen LogP contribution in [0.2, 0.25) is 0 Å². The van der Waals surface area contributed by atoms with Crippen LogP contribution in [0.5, 0.6) is 11.5 Å². The Bertz CT molecular complexity index is 437. The van der Waals surface area contributed by atoms with E-state index in [1.165, 1.54) is 0 Å². The average molecular weight is 308 g/mol. The molecule has 0 aliphatic heterocycles. The Labute approximate surface area is 135 Å². The Morgan fingerprint density at radius 3 is 2.00 bits per heavy atom. The fourth-order valence-corrected chi connectivity index (χ4v) is 2.83. The average Bonchev–Trinajstić information content (AvgIpc) is 2.46. The zero-order valence-corrected chi connectivity index (χ0v) is 14.9. The van der Waals surface area contributed by atoms with Crippen molar-refractivity contribution in [1.82, 2.24) is 4.90 Å². The normalized spacial score (nSPS) is 13.0. The van der Waals surface area contributed by atoms with Gasteiger partial charge in [0.05, 0.1) is 20.3 Å². The smallest absolute Gasteiger partial charge is 0.127 e. The molecule has 0 aliphatic rings. The minimum atomic E-state index is 0.158. The van der Waals surface area contributed by atoms with Gasteiger partial charge in [-0.25, -0.2) is 0 Å². The lowest BCUT2D eigenvalue weighted by molar-refractivity contribution is 0.157. The van der Waals surface area contributed by atoms with E-state index in [-0.39, 0.29) is 6.04 Å². The van der Waals surface area contributed by atoms with Gasteiger partial charge in [0.15, 0.2) is 0 Å². The largest absolute Gasteiger partial charge is 0.497 e. The summed E-state index contributed by atoms with van der Waals surface area (Å²) in [6.45, 7) is 11.6. The maximum Gasteiger partial charge on any atom is 0.127 e. The second-order valence-corrected chi connectivity index (χ2v) is 6.60. The molecule has 0 bridgehead atoms. The van der Waals surface area contributed by atoms with Crippen LogP contribution in [0, 0.1) is 11.8 Å². The molecule has 4 nitrogen and oxygen atoms in total. The zero-order valence-electron chi connectivity index (χ0n) is 14.9. The molecule has 1 unspecified atom stereocenters. The summed E-state index contributed by atoms with van der Waals surface area (Å²) in [6, 6.07) is 6.14. The van der Waals surface area contributed by atoms with E-state index in [1.54, 1.807) is 14.2 Å². The van der Waals surface area contributed by atoms with Crippen LogP contribution in [0.4, 0.5) is 0 Å². The fraction of sp³-hybridized carbons (Fsp3) is 0.667. The highest BCUT2D eigenvalue weighted by Crippen LogP contribution is 2.33. The molecule has 2 N–H and O–H groups in total. The first-order valence-corrected chi connectivity index (χ1v) is 8.08. The number of benzene rings is 1. The predicted octanol–water partition coefficient (Wildman–Crippen LogP) is 3.32. The third-order valence-corrected chi connectivity index (χ3v) is 3.66. The molecular formula is C18H32N2O2. The minimum absolute atomic E-state index is 0.158. The van der Waals surface area contributed by atoms with Crippen molar-refractivity contribution in [2.75, 3.05) is 33.9 Å². The summed E-state index contributed by atoms with van der Waals surface area (Å²) < 4.78 is 10.9. The molecule has 4 heteroatoms. The summed E-state index contributed by atoms with van der Waals surface area (Å²) in [6.07, 6.45) is 0. The van der Waals surface area contributed by atoms with Gasteiger partial charge in [0.25, 0.3) is 0 Å². The topological polar surface area (TPSA) is 47.7 Å². The van der Waals surface area contributed by atoms with E-state index in [2.05, 4.69) is 38.7 Å². The maximum absolute atomic E-state index is 6.12. The lowest BCUT2D eigenvalue weighted by Crippen LogP contribution is -2.38. The highest BCUT2D eigenvalue weighted by Gasteiger charge is 2.24. The van der Waals surface area contributed by atoms with Gasteiger partial charge in [-0.05, 0) is 17.9 Å². The predicted molar refractivity (Wildman–Crippen MR) is 92.6 cm³/mol. The van der Waals surface area contributed by atoms with Gasteiger partial charge < -0.3 is 15.2 Å². The van der Waals surface area contributed by atoms with Crippen molar-refractivity contribution >= 4 is 0 Å². The zero-order chi connectivity index (χ0) is 16.7. The van der Waals surface area contributed by atoms with Crippen LogP contribution < -0.4 is 15.2 Å². The van der Waals surface area contributed by atoms with Gasteiger partial charge in [-0.15, -0.1) is 0 Å². The number of nitrogens with two attached hydrogens (primary N) is 1. The van der Waals surface area contributed by atoms with Crippen LogP contribution in [0.1, 0.15) is 39.3 Å². The van der Waals surface area contributed by atoms with Crippen molar-refractivity contribution in [3.8, 4) is 11.5 Å². The Morgan fingerprint density at radius 1 is 1.00 bits per heavy atom. The molecule has 0 spiro atoms. The van der Waals surface area contributed by atoms with E-state index in [0.717, 1.165) is 30.2 Å². The molecule has 0 saturated carbocycles. The summed E-state index contributed by atoms with van der Waals surface area (Å²) in [5.74, 6) is 2.83. The second-order valence-electron chi connectivity index (χ2n) is 6.60. The van der Waals surface area contributed by atoms with Gasteiger partial charge in [-0.2, -0.15) is 0 Å². The van der Waals surface area contributed by atoms with E-state index in [9.17, 15) is 0 Å². The first-order valence-electron chi connectivity index (χ1n) is 8.08. The number of nitrogens with zero attached hydrogens (tertiary/aromatic N) is 1. The molecule has 0 aliphatic carbocycles. The van der Waals surface area contributed by atoms with E-state index >= 15 is 0 Å². The van der Waals surface area contributed by atoms with Crippen molar-refractivity contribution in [3.05, 3.63) is 23.8 Å². The molecule has 126 valence electrons. The summed E-state index contributed by atoms with van der Waals surface area (Å²) in [5.41, 5.74) is 7.25. The van der Waals surface area contributed by atoms with E-state index in [0.29, 0.717) is 18.4 Å². The maximum atomic E-state index is 6.12. The van der Waals surface area contributed by atoms with Gasteiger partial charge in [0.2, 0.25) is 0 Å². The summed E-state index contributed by atoms with van der Waals surface area (Å²) in [4.78, 5) is 2.47. The first-order chi connectivity index (χ1) is 10.4. The van der Waals surface area contributed by atoms with Crippen molar-refractivity contribution < 1.29 is 9.47 Å². The molecule has 0 fully saturated rings. The van der Waals surface area contributed by atoms with Crippen molar-refractivity contribution in [1.29, 1.82) is 0 Å². The van der Waals surface area contributed by atoms with Gasteiger partial charge in [0, 0.05) is 31.3 Å². The minimum Gasteiger partial charge on any atom is -0.497 e. The van der Waals surface area contributed by atoms with Crippen LogP contribution >= 0.6 is 0 Å². The van der Waals surface area contributed by atoms with Gasteiger partial charge >= 0.3 is 0 Å². The highest BCUT2D eigenvalue weighted by molar-refractivity contribution is 5.42. The molecule has 1 aromatic carbocycles. The molecule has 0 amide bonds. The van der Waals surface area contributed by atoms with Crippen molar-refractivity contribution in [2.45, 2.75) is 33.7 Å². The van der Waals surface area contributed by atoms with Gasteiger partial charge in [0.1, 0.15) is 11.5 Å². The standard InChI is InChI=1S/C18H32N2O2/c1-13(2)11-20(12-14(3)4)17(10-19)16-8-7-15(21-5)9-18(16)22-6/h7-9,13-14,17H,10-12,19H2,1-6H3. The molecule has 1 aromatic rings. The third-order valence-electron chi connectivity index (χ3n) is 3.66. The third kappa shape index (κ3) is 5.18. The van der Waals surface area contributed by atoms with Crippen LogP contribution in [0.25, 0.3) is 0 Å². The Hall–Kier alpha value is -1.26. The first kappa shape index (κ1) is 18.8. The van der Waals surface area contributed by atoms with Crippen LogP contribution in [-0.4, -0.2) is 38.8 Å². The number of ether oxygens (including phenoxy) is 2. The van der Waals surface area contributed by atoms with Gasteiger partial charge in [-0.1, -0.05) is 33.8 Å². The quantitative estimate of drug-likeness (QED) is 0.760. The Kier molecular flexibility index (Phi) is 7.69. The second kappa shape index (κ2) is 9.01. The monoisotopic (exact) mass is 308 g/mol. The van der Waals surface area contributed by atoms with Crippen LogP contribution in [0.3, 0.4) is 0 Å². The van der Waals surface area contributed by atoms with E-state index in [4.69, 9.17) is 15.2 Å². The van der Waals surface area contributed by atoms with Crippen LogP contribution in [-0.2, 0) is 0 Å². The lowest BCUT2D eigenvalue weighted by atomic mass is 10.0. The molecule has 1 rings (SSSR count). The summed E-state index contributed by atoms with van der Waals surface area (Å²) in [7, 11) is 3.36. The number of hydrogen-bond acceptors (Lipinski definition) is 4. The molecule has 22 heavy (non-hydrogen) atoms. The number of rotatable bonds is 9.